The average Bonchev–Trinajstić information content (AvgIpc) is 2.74. The molecule has 1 aromatic rings. The summed E-state index contributed by atoms with van der Waals surface area (Å²) in [5, 5.41) is 13.5. The summed E-state index contributed by atoms with van der Waals surface area (Å²) in [7, 11) is 0. The van der Waals surface area contributed by atoms with Gasteiger partial charge in [-0.3, -0.25) is 0 Å². The van der Waals surface area contributed by atoms with Crippen LogP contribution in [0.2, 0.25) is 0 Å². The maximum absolute atomic E-state index is 10.4. The summed E-state index contributed by atoms with van der Waals surface area (Å²) in [6.07, 6.45) is 5.42. The predicted molar refractivity (Wildman–Crippen MR) is 81.5 cm³/mol. The van der Waals surface area contributed by atoms with Crippen LogP contribution in [0.3, 0.4) is 0 Å². The number of aromatic nitrogens is 1. The summed E-state index contributed by atoms with van der Waals surface area (Å²) in [5.41, 5.74) is 1.49. The fraction of sp³-hybridized carbons (Fsp3) is 0.812. The molecule has 0 radical (unpaired) electrons. The molecule has 2 rings (SSSR count). The molecule has 1 unspecified atom stereocenters. The van der Waals surface area contributed by atoms with Gasteiger partial charge in [-0.15, -0.1) is 11.3 Å². The molecule has 1 aliphatic carbocycles. The van der Waals surface area contributed by atoms with Gasteiger partial charge in [0.15, 0.2) is 0 Å². The maximum Gasteiger partial charge on any atom is 0.0954 e. The third-order valence-corrected chi connectivity index (χ3v) is 5.58. The average molecular weight is 281 g/mol. The first-order valence-electron chi connectivity index (χ1n) is 7.45. The quantitative estimate of drug-likeness (QED) is 0.900. The van der Waals surface area contributed by atoms with Crippen molar-refractivity contribution in [3.05, 3.63) is 16.1 Å². The summed E-state index contributed by atoms with van der Waals surface area (Å²) >= 11 is 1.68. The van der Waals surface area contributed by atoms with Crippen LogP contribution in [0, 0.1) is 24.2 Å². The van der Waals surface area contributed by atoms with Crippen molar-refractivity contribution in [3.8, 4) is 0 Å². The molecule has 1 atom stereocenters. The molecule has 1 aromatic heterocycles. The molecule has 1 fully saturated rings. The molecular formula is C16H27NOS. The molecule has 0 saturated heterocycles. The molecule has 0 spiro atoms. The number of hydrogen-bond acceptors (Lipinski definition) is 3. The lowest BCUT2D eigenvalue weighted by atomic mass is 9.69. The van der Waals surface area contributed by atoms with Gasteiger partial charge in [0.05, 0.1) is 11.1 Å². The Hall–Kier alpha value is -0.410. The highest BCUT2D eigenvalue weighted by Gasteiger charge is 2.32. The number of aryl methyl sites for hydroxylation is 1. The monoisotopic (exact) mass is 281 g/mol. The second kappa shape index (κ2) is 5.92. The molecular weight excluding hydrogens is 254 g/mol. The lowest BCUT2D eigenvalue weighted by molar-refractivity contribution is 0.0536. The van der Waals surface area contributed by atoms with Crippen LogP contribution in [0.1, 0.15) is 57.2 Å². The van der Waals surface area contributed by atoms with Gasteiger partial charge in [-0.1, -0.05) is 20.8 Å². The predicted octanol–water partition coefficient (Wildman–Crippen LogP) is 4.21. The SMILES string of the molecule is Cc1csc(CC(O)C2CCC(C(C)(C)C)CC2)n1. The molecule has 1 aliphatic rings. The van der Waals surface area contributed by atoms with Gasteiger partial charge in [0, 0.05) is 17.5 Å². The largest absolute Gasteiger partial charge is 0.392 e. The van der Waals surface area contributed by atoms with Gasteiger partial charge in [-0.25, -0.2) is 4.98 Å². The van der Waals surface area contributed by atoms with Crippen molar-refractivity contribution < 1.29 is 5.11 Å². The minimum Gasteiger partial charge on any atom is -0.392 e. The molecule has 2 nitrogen and oxygen atoms in total. The molecule has 108 valence electrons. The fourth-order valence-corrected chi connectivity index (χ4v) is 4.04. The number of rotatable bonds is 3. The number of aliphatic hydroxyl groups excluding tert-OH is 1. The molecule has 0 aromatic carbocycles. The van der Waals surface area contributed by atoms with E-state index in [9.17, 15) is 5.11 Å². The lowest BCUT2D eigenvalue weighted by Crippen LogP contribution is -2.31. The van der Waals surface area contributed by atoms with Crippen LogP contribution in [0.5, 0.6) is 0 Å². The summed E-state index contributed by atoms with van der Waals surface area (Å²) in [5.74, 6) is 1.29. The highest BCUT2D eigenvalue weighted by Crippen LogP contribution is 2.41. The summed E-state index contributed by atoms with van der Waals surface area (Å²) < 4.78 is 0. The molecule has 0 amide bonds. The van der Waals surface area contributed by atoms with E-state index >= 15 is 0 Å². The van der Waals surface area contributed by atoms with Crippen LogP contribution in [0.15, 0.2) is 5.38 Å². The van der Waals surface area contributed by atoms with Crippen molar-refractivity contribution in [1.82, 2.24) is 4.98 Å². The minimum absolute atomic E-state index is 0.202. The van der Waals surface area contributed by atoms with E-state index in [1.807, 2.05) is 6.92 Å². The Morgan fingerprint density at radius 2 is 1.95 bits per heavy atom. The highest BCUT2D eigenvalue weighted by molar-refractivity contribution is 7.09. The Kier molecular flexibility index (Phi) is 4.67. The van der Waals surface area contributed by atoms with Gasteiger partial charge in [0.1, 0.15) is 0 Å². The Morgan fingerprint density at radius 1 is 1.32 bits per heavy atom. The Balaban J connectivity index is 1.84. The molecule has 0 bridgehead atoms. The van der Waals surface area contributed by atoms with Gasteiger partial charge in [0.2, 0.25) is 0 Å². The molecule has 1 heterocycles. The molecule has 1 N–H and O–H groups in total. The first kappa shape index (κ1) is 15.0. The maximum atomic E-state index is 10.4. The smallest absolute Gasteiger partial charge is 0.0954 e. The minimum atomic E-state index is -0.202. The van der Waals surface area contributed by atoms with Crippen LogP contribution < -0.4 is 0 Å². The van der Waals surface area contributed by atoms with Crippen molar-refractivity contribution in [2.45, 2.75) is 65.9 Å². The van der Waals surface area contributed by atoms with Crippen LogP contribution in [0.4, 0.5) is 0 Å². The van der Waals surface area contributed by atoms with Crippen LogP contribution in [0.25, 0.3) is 0 Å². The zero-order valence-electron chi connectivity index (χ0n) is 12.6. The Bertz CT molecular complexity index is 399. The third-order valence-electron chi connectivity index (χ3n) is 4.59. The Morgan fingerprint density at radius 3 is 2.42 bits per heavy atom. The van der Waals surface area contributed by atoms with E-state index < -0.39 is 0 Å². The molecule has 19 heavy (non-hydrogen) atoms. The zero-order chi connectivity index (χ0) is 14.0. The number of aliphatic hydroxyl groups is 1. The van der Waals surface area contributed by atoms with E-state index in [0.29, 0.717) is 11.3 Å². The van der Waals surface area contributed by atoms with Crippen molar-refractivity contribution in [2.75, 3.05) is 0 Å². The fourth-order valence-electron chi connectivity index (χ4n) is 3.21. The topological polar surface area (TPSA) is 33.1 Å². The van der Waals surface area contributed by atoms with E-state index in [4.69, 9.17) is 0 Å². The van der Waals surface area contributed by atoms with Gasteiger partial charge < -0.3 is 5.11 Å². The number of hydrogen-bond donors (Lipinski definition) is 1. The molecule has 3 heteroatoms. The van der Waals surface area contributed by atoms with Gasteiger partial charge in [0.25, 0.3) is 0 Å². The third kappa shape index (κ3) is 4.03. The van der Waals surface area contributed by atoms with Gasteiger partial charge >= 0.3 is 0 Å². The molecule has 1 saturated carbocycles. The second-order valence-electron chi connectivity index (χ2n) is 7.13. The van der Waals surface area contributed by atoms with E-state index in [-0.39, 0.29) is 6.10 Å². The van der Waals surface area contributed by atoms with E-state index in [0.717, 1.165) is 23.0 Å². The summed E-state index contributed by atoms with van der Waals surface area (Å²) in [4.78, 5) is 4.46. The van der Waals surface area contributed by atoms with Crippen molar-refractivity contribution in [1.29, 1.82) is 0 Å². The first-order valence-corrected chi connectivity index (χ1v) is 8.33. The number of thiazole rings is 1. The standard InChI is InChI=1S/C16H27NOS/c1-11-10-19-15(17-11)9-14(18)12-5-7-13(8-6-12)16(2,3)4/h10,12-14,18H,5-9H2,1-4H3. The molecule has 0 aliphatic heterocycles. The highest BCUT2D eigenvalue weighted by atomic mass is 32.1. The second-order valence-corrected chi connectivity index (χ2v) is 8.07. The van der Waals surface area contributed by atoms with Crippen LogP contribution in [-0.2, 0) is 6.42 Å². The van der Waals surface area contributed by atoms with E-state index in [2.05, 4.69) is 31.1 Å². The van der Waals surface area contributed by atoms with Gasteiger partial charge in [-0.2, -0.15) is 0 Å². The van der Waals surface area contributed by atoms with Crippen molar-refractivity contribution >= 4 is 11.3 Å². The lowest BCUT2D eigenvalue weighted by Gasteiger charge is -2.38. The Labute approximate surface area is 121 Å². The summed E-state index contributed by atoms with van der Waals surface area (Å²) in [6, 6.07) is 0. The van der Waals surface area contributed by atoms with E-state index in [1.165, 1.54) is 25.7 Å². The first-order chi connectivity index (χ1) is 8.86. The van der Waals surface area contributed by atoms with Crippen molar-refractivity contribution in [3.63, 3.8) is 0 Å². The van der Waals surface area contributed by atoms with Gasteiger partial charge in [-0.05, 0) is 49.9 Å². The van der Waals surface area contributed by atoms with Crippen molar-refractivity contribution in [2.24, 2.45) is 17.3 Å². The normalized spacial score (nSPS) is 26.4. The van der Waals surface area contributed by atoms with Crippen LogP contribution in [-0.4, -0.2) is 16.2 Å². The van der Waals surface area contributed by atoms with E-state index in [1.54, 1.807) is 11.3 Å². The summed E-state index contributed by atoms with van der Waals surface area (Å²) in [6.45, 7) is 9.03. The van der Waals surface area contributed by atoms with Crippen LogP contribution >= 0.6 is 11.3 Å². The zero-order valence-corrected chi connectivity index (χ0v) is 13.5. The number of nitrogens with zero attached hydrogens (tertiary/aromatic N) is 1.